The van der Waals surface area contributed by atoms with Crippen LogP contribution in [-0.4, -0.2) is 55.0 Å². The zero-order chi connectivity index (χ0) is 24.8. The summed E-state index contributed by atoms with van der Waals surface area (Å²) in [5.74, 6) is -3.22. The maximum atomic E-state index is 13.4. The second kappa shape index (κ2) is 8.64. The predicted molar refractivity (Wildman–Crippen MR) is 122 cm³/mol. The highest BCUT2D eigenvalue weighted by Gasteiger charge is 2.56. The number of likely N-dealkylation sites (tertiary alicyclic amines) is 1. The molecule has 0 atom stereocenters. The third-order valence-corrected chi connectivity index (χ3v) is 8.57. The van der Waals surface area contributed by atoms with Crippen molar-refractivity contribution >= 4 is 11.9 Å². The Kier molecular flexibility index (Phi) is 5.88. The van der Waals surface area contributed by atoms with Gasteiger partial charge < -0.3 is 10.0 Å². The zero-order valence-corrected chi connectivity index (χ0v) is 19.9. The fraction of sp³-hybridized carbons (Fsp3) is 0.640. The first-order valence-electron chi connectivity index (χ1n) is 12.4. The number of alkyl halides is 2. The highest BCUT2D eigenvalue weighted by Crippen LogP contribution is 2.57. The number of piperidine rings is 1. The van der Waals surface area contributed by atoms with Gasteiger partial charge in [0.05, 0.1) is 23.3 Å². The SMILES string of the molecule is CC(F)(F)c1ccc(Cn2cc(C3CCN(C(=O)C45CCC(C(=O)O)(CC4)CC5)CC3)nn2)nc1. The number of fused-ring (bicyclic) bond motifs is 3. The smallest absolute Gasteiger partial charge is 0.309 e. The second-order valence-electron chi connectivity index (χ2n) is 10.7. The van der Waals surface area contributed by atoms with Gasteiger partial charge in [0.15, 0.2) is 0 Å². The molecule has 1 saturated heterocycles. The molecule has 0 radical (unpaired) electrons. The van der Waals surface area contributed by atoms with Crippen molar-refractivity contribution in [3.63, 3.8) is 0 Å². The monoisotopic (exact) mass is 487 g/mol. The molecule has 3 saturated carbocycles. The van der Waals surface area contributed by atoms with E-state index in [-0.39, 0.29) is 22.8 Å². The Morgan fingerprint density at radius 2 is 1.71 bits per heavy atom. The van der Waals surface area contributed by atoms with Gasteiger partial charge in [-0.1, -0.05) is 5.21 Å². The fourth-order valence-electron chi connectivity index (χ4n) is 6.06. The number of carboxylic acids is 1. The molecule has 4 fully saturated rings. The summed E-state index contributed by atoms with van der Waals surface area (Å²) in [5.41, 5.74) is 0.385. The van der Waals surface area contributed by atoms with Gasteiger partial charge in [-0.05, 0) is 63.5 Å². The number of hydrogen-bond donors (Lipinski definition) is 1. The Balaban J connectivity index is 1.16. The number of nitrogens with zero attached hydrogens (tertiary/aromatic N) is 5. The topological polar surface area (TPSA) is 101 Å². The molecule has 1 N–H and O–H groups in total. The first kappa shape index (κ1) is 23.8. The summed E-state index contributed by atoms with van der Waals surface area (Å²) >= 11 is 0. The van der Waals surface area contributed by atoms with Crippen LogP contribution in [0, 0.1) is 10.8 Å². The quantitative estimate of drug-likeness (QED) is 0.662. The van der Waals surface area contributed by atoms with Gasteiger partial charge in [-0.25, -0.2) is 13.5 Å². The Bertz CT molecular complexity index is 1080. The normalized spacial score (nSPS) is 27.2. The maximum Gasteiger partial charge on any atom is 0.309 e. The number of halogens is 2. The van der Waals surface area contributed by atoms with E-state index in [1.807, 2.05) is 11.1 Å². The fourth-order valence-corrected chi connectivity index (χ4v) is 6.06. The molecule has 0 spiro atoms. The summed E-state index contributed by atoms with van der Waals surface area (Å²) in [6.45, 7) is 2.52. The average Bonchev–Trinajstić information content (AvgIpc) is 3.33. The van der Waals surface area contributed by atoms with Crippen molar-refractivity contribution in [1.29, 1.82) is 0 Å². The standard InChI is InChI=1S/C25H31F2N5O3/c1-23(26,27)18-2-3-19(28-14-18)15-32-16-20(29-30-32)17-4-12-31(13-5-17)21(33)24-6-9-25(10-7-24,11-8-24)22(34)35/h2-3,14,16-17H,4-13,15H2,1H3,(H,34,35). The minimum Gasteiger partial charge on any atom is -0.481 e. The first-order chi connectivity index (χ1) is 16.6. The third-order valence-electron chi connectivity index (χ3n) is 8.57. The van der Waals surface area contributed by atoms with Gasteiger partial charge in [-0.3, -0.25) is 14.6 Å². The molecule has 10 heteroatoms. The van der Waals surface area contributed by atoms with Crippen LogP contribution in [-0.2, 0) is 22.1 Å². The number of carboxylic acid groups (broad SMARTS) is 1. The summed E-state index contributed by atoms with van der Waals surface area (Å²) < 4.78 is 28.4. The Labute approximate surface area is 202 Å². The van der Waals surface area contributed by atoms with E-state index in [2.05, 4.69) is 15.3 Å². The summed E-state index contributed by atoms with van der Waals surface area (Å²) in [6, 6.07) is 2.96. The molecular formula is C25H31F2N5O3. The van der Waals surface area contributed by atoms with E-state index in [4.69, 9.17) is 0 Å². The highest BCUT2D eigenvalue weighted by atomic mass is 19.3. The van der Waals surface area contributed by atoms with Crippen LogP contribution in [0.3, 0.4) is 0 Å². The van der Waals surface area contributed by atoms with Gasteiger partial charge >= 0.3 is 5.97 Å². The molecule has 2 bridgehead atoms. The van der Waals surface area contributed by atoms with Gasteiger partial charge in [0.2, 0.25) is 5.91 Å². The number of aromatic nitrogens is 4. The van der Waals surface area contributed by atoms with Crippen molar-refractivity contribution < 1.29 is 23.5 Å². The van der Waals surface area contributed by atoms with Crippen molar-refractivity contribution in [1.82, 2.24) is 24.9 Å². The average molecular weight is 488 g/mol. The van der Waals surface area contributed by atoms with Crippen molar-refractivity contribution in [3.05, 3.63) is 41.5 Å². The molecule has 2 aromatic heterocycles. The van der Waals surface area contributed by atoms with E-state index in [1.54, 1.807) is 10.7 Å². The van der Waals surface area contributed by atoms with Crippen LogP contribution in [0.25, 0.3) is 0 Å². The Morgan fingerprint density at radius 3 is 2.26 bits per heavy atom. The first-order valence-corrected chi connectivity index (χ1v) is 12.4. The van der Waals surface area contributed by atoms with E-state index in [0.29, 0.717) is 63.9 Å². The van der Waals surface area contributed by atoms with E-state index in [9.17, 15) is 23.5 Å². The minimum atomic E-state index is -2.92. The molecule has 3 heterocycles. The molecule has 3 aliphatic carbocycles. The largest absolute Gasteiger partial charge is 0.481 e. The number of rotatable bonds is 6. The highest BCUT2D eigenvalue weighted by molar-refractivity contribution is 5.85. The summed E-state index contributed by atoms with van der Waals surface area (Å²) in [5, 5.41) is 18.1. The number of carbonyl (C=O) groups is 2. The van der Waals surface area contributed by atoms with Crippen LogP contribution >= 0.6 is 0 Å². The van der Waals surface area contributed by atoms with Gasteiger partial charge in [-0.15, -0.1) is 5.10 Å². The lowest BCUT2D eigenvalue weighted by atomic mass is 9.53. The van der Waals surface area contributed by atoms with E-state index < -0.39 is 17.3 Å². The maximum absolute atomic E-state index is 13.4. The third kappa shape index (κ3) is 4.43. The van der Waals surface area contributed by atoms with Gasteiger partial charge in [0.1, 0.15) is 0 Å². The van der Waals surface area contributed by atoms with Crippen molar-refractivity contribution in [2.45, 2.75) is 76.7 Å². The molecule has 1 aliphatic heterocycles. The Hall–Kier alpha value is -2.91. The number of pyridine rings is 1. The summed E-state index contributed by atoms with van der Waals surface area (Å²) in [7, 11) is 0. The lowest BCUT2D eigenvalue weighted by Gasteiger charge is -2.52. The minimum absolute atomic E-state index is 0.121. The van der Waals surface area contributed by atoms with Crippen molar-refractivity contribution in [3.8, 4) is 0 Å². The molecule has 0 unspecified atom stereocenters. The predicted octanol–water partition coefficient (Wildman–Crippen LogP) is 3.96. The molecule has 2 aromatic rings. The molecule has 4 aliphatic rings. The molecular weight excluding hydrogens is 456 g/mol. The van der Waals surface area contributed by atoms with E-state index in [0.717, 1.165) is 25.5 Å². The molecule has 6 rings (SSSR count). The van der Waals surface area contributed by atoms with E-state index >= 15 is 0 Å². The summed E-state index contributed by atoms with van der Waals surface area (Å²) in [6.07, 6.45) is 8.52. The molecule has 35 heavy (non-hydrogen) atoms. The number of hydrogen-bond acceptors (Lipinski definition) is 5. The molecule has 1 amide bonds. The molecule has 8 nitrogen and oxygen atoms in total. The lowest BCUT2D eigenvalue weighted by molar-refractivity contribution is -0.167. The lowest BCUT2D eigenvalue weighted by Crippen LogP contribution is -2.54. The van der Waals surface area contributed by atoms with Gasteiger partial charge in [0.25, 0.3) is 5.92 Å². The van der Waals surface area contributed by atoms with Crippen LogP contribution in [0.1, 0.15) is 81.2 Å². The second-order valence-corrected chi connectivity index (χ2v) is 10.7. The van der Waals surface area contributed by atoms with Crippen LogP contribution in [0.5, 0.6) is 0 Å². The van der Waals surface area contributed by atoms with E-state index in [1.165, 1.54) is 12.3 Å². The van der Waals surface area contributed by atoms with Crippen molar-refractivity contribution in [2.75, 3.05) is 13.1 Å². The molecule has 0 aromatic carbocycles. The molecule has 188 valence electrons. The van der Waals surface area contributed by atoms with Gasteiger partial charge in [-0.2, -0.15) is 0 Å². The zero-order valence-electron chi connectivity index (χ0n) is 19.9. The van der Waals surface area contributed by atoms with Gasteiger partial charge in [0, 0.05) is 49.3 Å². The van der Waals surface area contributed by atoms with Crippen LogP contribution in [0.2, 0.25) is 0 Å². The van der Waals surface area contributed by atoms with Crippen LogP contribution in [0.15, 0.2) is 24.5 Å². The summed E-state index contributed by atoms with van der Waals surface area (Å²) in [4.78, 5) is 31.2. The number of amides is 1. The van der Waals surface area contributed by atoms with Crippen LogP contribution in [0.4, 0.5) is 8.78 Å². The number of aliphatic carboxylic acids is 1. The Morgan fingerprint density at radius 1 is 1.09 bits per heavy atom. The van der Waals surface area contributed by atoms with Crippen LogP contribution < -0.4 is 0 Å². The number of carbonyl (C=O) groups excluding carboxylic acids is 1. The van der Waals surface area contributed by atoms with Crippen molar-refractivity contribution in [2.24, 2.45) is 10.8 Å².